The van der Waals surface area contributed by atoms with Gasteiger partial charge in [-0.1, -0.05) is 0 Å². The highest BCUT2D eigenvalue weighted by atomic mass is 19.1. The third kappa shape index (κ3) is 5.77. The summed E-state index contributed by atoms with van der Waals surface area (Å²) in [6.45, 7) is 0.873. The van der Waals surface area contributed by atoms with Crippen LogP contribution in [0.4, 0.5) is 10.1 Å². The van der Waals surface area contributed by atoms with Gasteiger partial charge >= 0.3 is 5.97 Å². The van der Waals surface area contributed by atoms with Gasteiger partial charge in [0, 0.05) is 5.69 Å². The SMILES string of the molecule is NCCCN[C@H](CC(=O)Nc1ccc(F)cc1)C(=O)O. The Bertz CT molecular complexity index is 451. The summed E-state index contributed by atoms with van der Waals surface area (Å²) in [5.41, 5.74) is 5.73. The van der Waals surface area contributed by atoms with Gasteiger partial charge in [0.15, 0.2) is 0 Å². The van der Waals surface area contributed by atoms with Gasteiger partial charge < -0.3 is 21.5 Å². The van der Waals surface area contributed by atoms with Gasteiger partial charge in [0.25, 0.3) is 0 Å². The molecule has 0 unspecified atom stereocenters. The second kappa shape index (κ2) is 8.23. The molecule has 1 aromatic carbocycles. The predicted molar refractivity (Wildman–Crippen MR) is 72.7 cm³/mol. The summed E-state index contributed by atoms with van der Waals surface area (Å²) in [5, 5.41) is 14.3. The fourth-order valence-corrected chi connectivity index (χ4v) is 1.56. The number of carboxylic acid groups (broad SMARTS) is 1. The van der Waals surface area contributed by atoms with Crippen molar-refractivity contribution in [1.29, 1.82) is 0 Å². The van der Waals surface area contributed by atoms with Crippen molar-refractivity contribution in [2.75, 3.05) is 18.4 Å². The molecule has 0 aliphatic carbocycles. The predicted octanol–water partition coefficient (Wildman–Crippen LogP) is 0.546. The van der Waals surface area contributed by atoms with E-state index in [-0.39, 0.29) is 6.42 Å². The molecular formula is C13H18FN3O3. The third-order valence-electron chi connectivity index (χ3n) is 2.59. The van der Waals surface area contributed by atoms with E-state index in [9.17, 15) is 14.0 Å². The van der Waals surface area contributed by atoms with Crippen LogP contribution in [-0.2, 0) is 9.59 Å². The number of carbonyl (C=O) groups is 2. The first-order chi connectivity index (χ1) is 9.52. The first-order valence-corrected chi connectivity index (χ1v) is 6.24. The third-order valence-corrected chi connectivity index (χ3v) is 2.59. The van der Waals surface area contributed by atoms with E-state index in [2.05, 4.69) is 10.6 Å². The largest absolute Gasteiger partial charge is 0.480 e. The zero-order chi connectivity index (χ0) is 15.0. The van der Waals surface area contributed by atoms with E-state index in [1.165, 1.54) is 24.3 Å². The van der Waals surface area contributed by atoms with Crippen molar-refractivity contribution < 1.29 is 19.1 Å². The smallest absolute Gasteiger partial charge is 0.321 e. The molecule has 110 valence electrons. The zero-order valence-electron chi connectivity index (χ0n) is 10.9. The monoisotopic (exact) mass is 283 g/mol. The van der Waals surface area contributed by atoms with Gasteiger partial charge in [-0.25, -0.2) is 4.39 Å². The van der Waals surface area contributed by atoms with Crippen LogP contribution in [0, 0.1) is 5.82 Å². The number of amides is 1. The Kier molecular flexibility index (Phi) is 6.61. The number of nitrogens with one attached hydrogen (secondary N) is 2. The molecule has 1 rings (SSSR count). The Labute approximate surface area is 116 Å². The number of benzene rings is 1. The summed E-state index contributed by atoms with van der Waals surface area (Å²) in [6, 6.07) is 4.27. The van der Waals surface area contributed by atoms with Gasteiger partial charge in [0.1, 0.15) is 11.9 Å². The number of carboxylic acids is 1. The fraction of sp³-hybridized carbons (Fsp3) is 0.385. The Hall–Kier alpha value is -1.99. The minimum atomic E-state index is -1.10. The van der Waals surface area contributed by atoms with Gasteiger partial charge in [-0.3, -0.25) is 9.59 Å². The van der Waals surface area contributed by atoms with Crippen LogP contribution in [0.5, 0.6) is 0 Å². The summed E-state index contributed by atoms with van der Waals surface area (Å²) in [5.74, 6) is -1.96. The maximum Gasteiger partial charge on any atom is 0.321 e. The molecule has 7 heteroatoms. The second-order valence-corrected chi connectivity index (χ2v) is 4.25. The van der Waals surface area contributed by atoms with E-state index >= 15 is 0 Å². The number of aliphatic carboxylic acids is 1. The average Bonchev–Trinajstić information content (AvgIpc) is 2.40. The summed E-state index contributed by atoms with van der Waals surface area (Å²) < 4.78 is 12.7. The molecule has 0 heterocycles. The molecular weight excluding hydrogens is 265 g/mol. The molecule has 1 atom stereocenters. The number of nitrogens with two attached hydrogens (primary N) is 1. The highest BCUT2D eigenvalue weighted by Crippen LogP contribution is 2.09. The molecule has 0 bridgehead atoms. The molecule has 0 spiro atoms. The van der Waals surface area contributed by atoms with Crippen LogP contribution in [0.15, 0.2) is 24.3 Å². The number of hydrogen-bond acceptors (Lipinski definition) is 4. The van der Waals surface area contributed by atoms with Crippen molar-refractivity contribution in [2.24, 2.45) is 5.73 Å². The average molecular weight is 283 g/mol. The summed E-state index contributed by atoms with van der Waals surface area (Å²) in [7, 11) is 0. The highest BCUT2D eigenvalue weighted by Gasteiger charge is 2.20. The Morgan fingerprint density at radius 2 is 1.95 bits per heavy atom. The molecule has 5 N–H and O–H groups in total. The minimum Gasteiger partial charge on any atom is -0.480 e. The van der Waals surface area contributed by atoms with E-state index in [0.29, 0.717) is 25.2 Å². The Morgan fingerprint density at radius 1 is 1.30 bits per heavy atom. The molecule has 0 fully saturated rings. The Balaban J connectivity index is 2.48. The molecule has 0 aliphatic rings. The normalized spacial score (nSPS) is 11.9. The fourth-order valence-electron chi connectivity index (χ4n) is 1.56. The first kappa shape index (κ1) is 16.1. The summed E-state index contributed by atoms with van der Waals surface area (Å²) in [4.78, 5) is 22.7. The molecule has 20 heavy (non-hydrogen) atoms. The van der Waals surface area contributed by atoms with Crippen molar-refractivity contribution in [3.8, 4) is 0 Å². The molecule has 1 amide bonds. The second-order valence-electron chi connectivity index (χ2n) is 4.25. The van der Waals surface area contributed by atoms with Gasteiger partial charge in [-0.15, -0.1) is 0 Å². The quantitative estimate of drug-likeness (QED) is 0.521. The highest BCUT2D eigenvalue weighted by molar-refractivity contribution is 5.93. The standard InChI is InChI=1S/C13H18FN3O3/c14-9-2-4-10(5-3-9)17-12(18)8-11(13(19)20)16-7-1-6-15/h2-5,11,16H,1,6-8,15H2,(H,17,18)(H,19,20)/t11-/m1/s1. The van der Waals surface area contributed by atoms with Crippen molar-refractivity contribution in [3.05, 3.63) is 30.1 Å². The lowest BCUT2D eigenvalue weighted by atomic mass is 10.2. The van der Waals surface area contributed by atoms with Crippen LogP contribution < -0.4 is 16.4 Å². The van der Waals surface area contributed by atoms with Crippen molar-refractivity contribution >= 4 is 17.6 Å². The summed E-state index contributed by atoms with van der Waals surface area (Å²) >= 11 is 0. The van der Waals surface area contributed by atoms with E-state index in [4.69, 9.17) is 10.8 Å². The van der Waals surface area contributed by atoms with Crippen LogP contribution >= 0.6 is 0 Å². The molecule has 6 nitrogen and oxygen atoms in total. The van der Waals surface area contributed by atoms with Crippen LogP contribution in [0.3, 0.4) is 0 Å². The van der Waals surface area contributed by atoms with Crippen molar-refractivity contribution in [1.82, 2.24) is 5.32 Å². The maximum absolute atomic E-state index is 12.7. The Morgan fingerprint density at radius 3 is 2.50 bits per heavy atom. The first-order valence-electron chi connectivity index (χ1n) is 6.24. The van der Waals surface area contributed by atoms with Crippen LogP contribution in [0.25, 0.3) is 0 Å². The summed E-state index contributed by atoms with van der Waals surface area (Å²) in [6.07, 6.45) is 0.417. The van der Waals surface area contributed by atoms with Gasteiger partial charge in [-0.05, 0) is 43.8 Å². The number of halogens is 1. The molecule has 0 aliphatic heterocycles. The van der Waals surface area contributed by atoms with Crippen molar-refractivity contribution in [3.63, 3.8) is 0 Å². The molecule has 0 aromatic heterocycles. The lowest BCUT2D eigenvalue weighted by Gasteiger charge is -2.14. The number of anilines is 1. The van der Waals surface area contributed by atoms with Gasteiger partial charge in [0.2, 0.25) is 5.91 Å². The van der Waals surface area contributed by atoms with E-state index in [0.717, 1.165) is 0 Å². The zero-order valence-corrected chi connectivity index (χ0v) is 10.9. The van der Waals surface area contributed by atoms with E-state index in [1.807, 2.05) is 0 Å². The van der Waals surface area contributed by atoms with Crippen LogP contribution in [0.2, 0.25) is 0 Å². The molecule has 1 aromatic rings. The molecule has 0 saturated heterocycles. The lowest BCUT2D eigenvalue weighted by molar-refractivity contribution is -0.141. The molecule has 0 radical (unpaired) electrons. The van der Waals surface area contributed by atoms with Crippen molar-refractivity contribution in [2.45, 2.75) is 18.9 Å². The van der Waals surface area contributed by atoms with E-state index in [1.54, 1.807) is 0 Å². The van der Waals surface area contributed by atoms with E-state index < -0.39 is 23.7 Å². The minimum absolute atomic E-state index is 0.211. The number of carbonyl (C=O) groups excluding carboxylic acids is 1. The van der Waals surface area contributed by atoms with Gasteiger partial charge in [0.05, 0.1) is 6.42 Å². The number of hydrogen-bond donors (Lipinski definition) is 4. The van der Waals surface area contributed by atoms with Crippen LogP contribution in [0.1, 0.15) is 12.8 Å². The van der Waals surface area contributed by atoms with Gasteiger partial charge in [-0.2, -0.15) is 0 Å². The molecule has 0 saturated carbocycles. The lowest BCUT2D eigenvalue weighted by Crippen LogP contribution is -2.40. The topological polar surface area (TPSA) is 104 Å². The number of rotatable bonds is 8. The van der Waals surface area contributed by atoms with Crippen LogP contribution in [-0.4, -0.2) is 36.1 Å². The maximum atomic E-state index is 12.7.